The molecule has 8 heteroatoms. The van der Waals surface area contributed by atoms with Gasteiger partial charge in [-0.3, -0.25) is 0 Å². The SMILES string of the molecule is COc1ccc(S(=O)(=O)NCC(c2ccc3c(c2)OCO3)N(C)C)cc1. The second-order valence-corrected chi connectivity index (χ2v) is 7.89. The van der Waals surface area contributed by atoms with E-state index in [4.69, 9.17) is 14.2 Å². The minimum absolute atomic E-state index is 0.155. The van der Waals surface area contributed by atoms with Crippen molar-refractivity contribution < 1.29 is 22.6 Å². The maximum Gasteiger partial charge on any atom is 0.240 e. The summed E-state index contributed by atoms with van der Waals surface area (Å²) in [5.74, 6) is 1.98. The Hall–Kier alpha value is -2.29. The van der Waals surface area contributed by atoms with Gasteiger partial charge in [0.05, 0.1) is 12.0 Å². The van der Waals surface area contributed by atoms with E-state index in [0.29, 0.717) is 17.2 Å². The second kappa shape index (κ2) is 7.53. The predicted molar refractivity (Wildman–Crippen MR) is 97.2 cm³/mol. The number of likely N-dealkylation sites (N-methyl/N-ethyl adjacent to an activating group) is 1. The van der Waals surface area contributed by atoms with Crippen LogP contribution >= 0.6 is 0 Å². The fraction of sp³-hybridized carbons (Fsp3) is 0.333. The third kappa shape index (κ3) is 3.92. The maximum atomic E-state index is 12.6. The molecule has 2 aromatic rings. The number of nitrogens with zero attached hydrogens (tertiary/aromatic N) is 1. The summed E-state index contributed by atoms with van der Waals surface area (Å²) in [6.07, 6.45) is 0. The van der Waals surface area contributed by atoms with Crippen molar-refractivity contribution in [2.45, 2.75) is 10.9 Å². The summed E-state index contributed by atoms with van der Waals surface area (Å²) in [6.45, 7) is 0.427. The van der Waals surface area contributed by atoms with Crippen molar-refractivity contribution in [1.29, 1.82) is 0 Å². The number of fused-ring (bicyclic) bond motifs is 1. The van der Waals surface area contributed by atoms with Gasteiger partial charge in [0, 0.05) is 12.6 Å². The molecule has 3 rings (SSSR count). The van der Waals surface area contributed by atoms with Gasteiger partial charge in [-0.1, -0.05) is 6.07 Å². The highest BCUT2D eigenvalue weighted by Gasteiger charge is 2.22. The first-order valence-corrected chi connectivity index (χ1v) is 9.59. The minimum atomic E-state index is -3.62. The predicted octanol–water partition coefficient (Wildman–Crippen LogP) is 2.01. The molecule has 1 N–H and O–H groups in total. The number of nitrogens with one attached hydrogen (secondary N) is 1. The van der Waals surface area contributed by atoms with Crippen LogP contribution in [0.4, 0.5) is 0 Å². The Bertz CT molecular complexity index is 866. The molecule has 1 atom stereocenters. The fourth-order valence-electron chi connectivity index (χ4n) is 2.75. The number of sulfonamides is 1. The molecule has 140 valence electrons. The van der Waals surface area contributed by atoms with Gasteiger partial charge in [-0.05, 0) is 56.1 Å². The highest BCUT2D eigenvalue weighted by atomic mass is 32.2. The van der Waals surface area contributed by atoms with E-state index in [9.17, 15) is 8.42 Å². The lowest BCUT2D eigenvalue weighted by molar-refractivity contribution is 0.174. The van der Waals surface area contributed by atoms with Gasteiger partial charge in [0.25, 0.3) is 0 Å². The van der Waals surface area contributed by atoms with Crippen LogP contribution in [0.25, 0.3) is 0 Å². The van der Waals surface area contributed by atoms with Gasteiger partial charge in [0.2, 0.25) is 16.8 Å². The summed E-state index contributed by atoms with van der Waals surface area (Å²) in [7, 11) is 1.71. The molecule has 2 aromatic carbocycles. The highest BCUT2D eigenvalue weighted by molar-refractivity contribution is 7.89. The van der Waals surface area contributed by atoms with Crippen molar-refractivity contribution in [3.05, 3.63) is 48.0 Å². The lowest BCUT2D eigenvalue weighted by Crippen LogP contribution is -2.34. The molecule has 7 nitrogen and oxygen atoms in total. The van der Waals surface area contributed by atoms with Crippen molar-refractivity contribution in [2.24, 2.45) is 0 Å². The minimum Gasteiger partial charge on any atom is -0.497 e. The van der Waals surface area contributed by atoms with Crippen molar-refractivity contribution in [1.82, 2.24) is 9.62 Å². The van der Waals surface area contributed by atoms with Gasteiger partial charge in [0.1, 0.15) is 5.75 Å². The molecule has 1 aliphatic rings. The first-order chi connectivity index (χ1) is 12.4. The number of ether oxygens (including phenoxy) is 3. The van der Waals surface area contributed by atoms with Gasteiger partial charge >= 0.3 is 0 Å². The molecule has 1 heterocycles. The number of methoxy groups -OCH3 is 1. The molecule has 1 unspecified atom stereocenters. The third-order valence-corrected chi connectivity index (χ3v) is 5.68. The van der Waals surface area contributed by atoms with Gasteiger partial charge in [-0.15, -0.1) is 0 Å². The van der Waals surface area contributed by atoms with Crippen LogP contribution in [0.15, 0.2) is 47.4 Å². The molecular weight excluding hydrogens is 356 g/mol. The van der Waals surface area contributed by atoms with Crippen molar-refractivity contribution in [3.63, 3.8) is 0 Å². The summed E-state index contributed by atoms with van der Waals surface area (Å²) in [5, 5.41) is 0. The Kier molecular flexibility index (Phi) is 5.36. The van der Waals surface area contributed by atoms with E-state index in [1.807, 2.05) is 37.2 Å². The Morgan fingerprint density at radius 3 is 2.46 bits per heavy atom. The second-order valence-electron chi connectivity index (χ2n) is 6.12. The average Bonchev–Trinajstić information content (AvgIpc) is 3.09. The summed E-state index contributed by atoms with van der Waals surface area (Å²) in [6, 6.07) is 11.8. The standard InChI is InChI=1S/C18H22N2O5S/c1-20(2)16(13-4-9-17-18(10-13)25-12-24-17)11-19-26(21,22)15-7-5-14(23-3)6-8-15/h4-10,16,19H,11-12H2,1-3H3. The molecule has 26 heavy (non-hydrogen) atoms. The molecule has 0 amide bonds. The van der Waals surface area contributed by atoms with E-state index in [2.05, 4.69) is 4.72 Å². The lowest BCUT2D eigenvalue weighted by atomic mass is 10.1. The Morgan fingerprint density at radius 1 is 1.12 bits per heavy atom. The largest absolute Gasteiger partial charge is 0.497 e. The topological polar surface area (TPSA) is 77.1 Å². The highest BCUT2D eigenvalue weighted by Crippen LogP contribution is 2.35. The molecule has 0 bridgehead atoms. The van der Waals surface area contributed by atoms with Crippen molar-refractivity contribution in [2.75, 3.05) is 34.5 Å². The van der Waals surface area contributed by atoms with Crippen LogP contribution in [-0.4, -0.2) is 47.9 Å². The Labute approximate surface area is 153 Å². The third-order valence-electron chi connectivity index (χ3n) is 4.24. The molecule has 0 saturated heterocycles. The van der Waals surface area contributed by atoms with E-state index < -0.39 is 10.0 Å². The number of hydrogen-bond acceptors (Lipinski definition) is 6. The molecule has 0 saturated carbocycles. The first-order valence-electron chi connectivity index (χ1n) is 8.10. The normalized spacial score (nSPS) is 14.5. The molecule has 0 spiro atoms. The number of hydrogen-bond donors (Lipinski definition) is 1. The summed E-state index contributed by atoms with van der Waals surface area (Å²) < 4.78 is 43.6. The number of benzene rings is 2. The molecule has 0 aromatic heterocycles. The van der Waals surface area contributed by atoms with Crippen LogP contribution in [0.2, 0.25) is 0 Å². The van der Waals surface area contributed by atoms with Crippen molar-refractivity contribution >= 4 is 10.0 Å². The molecular formula is C18H22N2O5S. The van der Waals surface area contributed by atoms with Crippen LogP contribution in [0.1, 0.15) is 11.6 Å². The van der Waals surface area contributed by atoms with Crippen LogP contribution in [-0.2, 0) is 10.0 Å². The van der Waals surface area contributed by atoms with E-state index in [1.165, 1.54) is 19.2 Å². The molecule has 0 fully saturated rings. The van der Waals surface area contributed by atoms with Gasteiger partial charge in [-0.2, -0.15) is 0 Å². The average molecular weight is 378 g/mol. The Morgan fingerprint density at radius 2 is 1.81 bits per heavy atom. The zero-order chi connectivity index (χ0) is 18.7. The lowest BCUT2D eigenvalue weighted by Gasteiger charge is -2.25. The Balaban J connectivity index is 1.76. The maximum absolute atomic E-state index is 12.6. The van der Waals surface area contributed by atoms with Crippen molar-refractivity contribution in [3.8, 4) is 17.2 Å². The van der Waals surface area contributed by atoms with Gasteiger partial charge in [-0.25, -0.2) is 13.1 Å². The summed E-state index contributed by atoms with van der Waals surface area (Å²) in [4.78, 5) is 2.15. The van der Waals surface area contributed by atoms with E-state index in [-0.39, 0.29) is 24.3 Å². The van der Waals surface area contributed by atoms with Crippen LogP contribution in [0.5, 0.6) is 17.2 Å². The molecule has 0 radical (unpaired) electrons. The van der Waals surface area contributed by atoms with Gasteiger partial charge < -0.3 is 19.1 Å². The number of rotatable bonds is 7. The first kappa shape index (κ1) is 18.5. The van der Waals surface area contributed by atoms with E-state index in [1.54, 1.807) is 12.1 Å². The quantitative estimate of drug-likeness (QED) is 0.794. The van der Waals surface area contributed by atoms with E-state index in [0.717, 1.165) is 5.56 Å². The van der Waals surface area contributed by atoms with Crippen LogP contribution in [0.3, 0.4) is 0 Å². The summed E-state index contributed by atoms with van der Waals surface area (Å²) >= 11 is 0. The van der Waals surface area contributed by atoms with E-state index >= 15 is 0 Å². The monoisotopic (exact) mass is 378 g/mol. The van der Waals surface area contributed by atoms with Crippen LogP contribution in [0, 0.1) is 0 Å². The van der Waals surface area contributed by atoms with Gasteiger partial charge in [0.15, 0.2) is 11.5 Å². The van der Waals surface area contributed by atoms with Crippen LogP contribution < -0.4 is 18.9 Å². The fourth-order valence-corrected chi connectivity index (χ4v) is 3.78. The molecule has 1 aliphatic heterocycles. The smallest absolute Gasteiger partial charge is 0.240 e. The zero-order valence-electron chi connectivity index (χ0n) is 14.9. The zero-order valence-corrected chi connectivity index (χ0v) is 15.7. The summed E-state index contributed by atoms with van der Waals surface area (Å²) in [5.41, 5.74) is 0.941. The molecule has 0 aliphatic carbocycles.